The molecule has 2 fully saturated rings. The molecular formula is C14H27NO2. The van der Waals surface area contributed by atoms with Gasteiger partial charge in [0.2, 0.25) is 0 Å². The summed E-state index contributed by atoms with van der Waals surface area (Å²) in [6, 6.07) is 0.632. The fourth-order valence-corrected chi connectivity index (χ4v) is 3.13. The zero-order valence-electron chi connectivity index (χ0n) is 11.0. The third-order valence-electron chi connectivity index (χ3n) is 4.27. The topological polar surface area (TPSA) is 41.5 Å². The van der Waals surface area contributed by atoms with Crippen LogP contribution in [0.25, 0.3) is 0 Å². The predicted octanol–water partition coefficient (Wildman–Crippen LogP) is 2.08. The highest BCUT2D eigenvalue weighted by molar-refractivity contribution is 4.79. The van der Waals surface area contributed by atoms with Crippen LogP contribution >= 0.6 is 0 Å². The van der Waals surface area contributed by atoms with Crippen LogP contribution in [0, 0.1) is 5.92 Å². The summed E-state index contributed by atoms with van der Waals surface area (Å²) in [5, 5.41) is 13.3. The first-order valence-electron chi connectivity index (χ1n) is 7.31. The molecule has 1 heterocycles. The molecule has 100 valence electrons. The molecule has 2 aliphatic rings. The van der Waals surface area contributed by atoms with E-state index < -0.39 is 0 Å². The van der Waals surface area contributed by atoms with Crippen LogP contribution in [0.2, 0.25) is 0 Å². The second kappa shape index (κ2) is 6.72. The summed E-state index contributed by atoms with van der Waals surface area (Å²) in [4.78, 5) is 0. The van der Waals surface area contributed by atoms with Crippen molar-refractivity contribution in [3.63, 3.8) is 0 Å². The molecule has 0 bridgehead atoms. The molecule has 1 aliphatic heterocycles. The van der Waals surface area contributed by atoms with Gasteiger partial charge >= 0.3 is 0 Å². The predicted molar refractivity (Wildman–Crippen MR) is 69.0 cm³/mol. The van der Waals surface area contributed by atoms with Gasteiger partial charge in [-0.3, -0.25) is 0 Å². The number of hydrogen-bond donors (Lipinski definition) is 2. The van der Waals surface area contributed by atoms with Gasteiger partial charge < -0.3 is 15.2 Å². The Morgan fingerprint density at radius 2 is 2.12 bits per heavy atom. The lowest BCUT2D eigenvalue weighted by atomic mass is 9.87. The molecule has 2 rings (SSSR count). The lowest BCUT2D eigenvalue weighted by Crippen LogP contribution is -2.41. The van der Waals surface area contributed by atoms with Gasteiger partial charge in [0.1, 0.15) is 0 Å². The molecular weight excluding hydrogens is 214 g/mol. The van der Waals surface area contributed by atoms with Gasteiger partial charge in [-0.2, -0.15) is 0 Å². The van der Waals surface area contributed by atoms with E-state index in [9.17, 15) is 5.11 Å². The number of aliphatic hydroxyl groups is 1. The molecule has 17 heavy (non-hydrogen) atoms. The van der Waals surface area contributed by atoms with Crippen molar-refractivity contribution in [3.8, 4) is 0 Å². The van der Waals surface area contributed by atoms with Crippen LogP contribution in [0.4, 0.5) is 0 Å². The van der Waals surface area contributed by atoms with Gasteiger partial charge in [0.15, 0.2) is 0 Å². The zero-order valence-corrected chi connectivity index (χ0v) is 11.0. The standard InChI is InChI=1S/C14H27NO2/c1-2-14-9-12(6-7-17-14)15-10-11-4-3-5-13(16)8-11/h11-16H,2-10H2,1H3. The third kappa shape index (κ3) is 4.23. The molecule has 1 saturated heterocycles. The van der Waals surface area contributed by atoms with E-state index in [0.717, 1.165) is 45.3 Å². The summed E-state index contributed by atoms with van der Waals surface area (Å²) < 4.78 is 5.69. The SMILES string of the molecule is CCC1CC(NCC2CCCC(O)C2)CCO1. The molecule has 0 radical (unpaired) electrons. The van der Waals surface area contributed by atoms with E-state index in [2.05, 4.69) is 12.2 Å². The molecule has 3 nitrogen and oxygen atoms in total. The maximum absolute atomic E-state index is 9.65. The summed E-state index contributed by atoms with van der Waals surface area (Å²) in [7, 11) is 0. The van der Waals surface area contributed by atoms with Crippen LogP contribution in [0.5, 0.6) is 0 Å². The Kier molecular flexibility index (Phi) is 5.26. The Hall–Kier alpha value is -0.120. The van der Waals surface area contributed by atoms with Crippen LogP contribution < -0.4 is 5.32 Å². The second-order valence-electron chi connectivity index (χ2n) is 5.72. The number of ether oxygens (including phenoxy) is 1. The largest absolute Gasteiger partial charge is 0.393 e. The van der Waals surface area contributed by atoms with Gasteiger partial charge in [0.05, 0.1) is 12.2 Å². The maximum atomic E-state index is 9.65. The summed E-state index contributed by atoms with van der Waals surface area (Å²) in [5.41, 5.74) is 0. The summed E-state index contributed by atoms with van der Waals surface area (Å²) in [6.07, 6.45) is 8.31. The number of nitrogens with one attached hydrogen (secondary N) is 1. The number of aliphatic hydroxyl groups excluding tert-OH is 1. The highest BCUT2D eigenvalue weighted by Gasteiger charge is 2.24. The van der Waals surface area contributed by atoms with Crippen LogP contribution in [0.15, 0.2) is 0 Å². The molecule has 3 heteroatoms. The second-order valence-corrected chi connectivity index (χ2v) is 5.72. The van der Waals surface area contributed by atoms with Gasteiger partial charge in [-0.25, -0.2) is 0 Å². The minimum absolute atomic E-state index is 0.0476. The fourth-order valence-electron chi connectivity index (χ4n) is 3.13. The lowest BCUT2D eigenvalue weighted by Gasteiger charge is -2.32. The van der Waals surface area contributed by atoms with Crippen molar-refractivity contribution in [3.05, 3.63) is 0 Å². The summed E-state index contributed by atoms with van der Waals surface area (Å²) in [6.45, 7) is 4.19. The van der Waals surface area contributed by atoms with Gasteiger partial charge in [0, 0.05) is 12.6 Å². The van der Waals surface area contributed by atoms with E-state index in [4.69, 9.17) is 4.74 Å². The van der Waals surface area contributed by atoms with Crippen molar-refractivity contribution >= 4 is 0 Å². The summed E-state index contributed by atoms with van der Waals surface area (Å²) >= 11 is 0. The molecule has 4 atom stereocenters. The quantitative estimate of drug-likeness (QED) is 0.792. The first kappa shape index (κ1) is 13.3. The molecule has 1 saturated carbocycles. The molecule has 0 amide bonds. The number of rotatable bonds is 4. The normalized spacial score (nSPS) is 39.2. The van der Waals surface area contributed by atoms with E-state index in [1.54, 1.807) is 0 Å². The summed E-state index contributed by atoms with van der Waals surface area (Å²) in [5.74, 6) is 0.682. The van der Waals surface area contributed by atoms with Crippen molar-refractivity contribution in [1.82, 2.24) is 5.32 Å². The average molecular weight is 241 g/mol. The molecule has 0 aromatic rings. The van der Waals surface area contributed by atoms with Crippen molar-refractivity contribution < 1.29 is 9.84 Å². The number of hydrogen-bond acceptors (Lipinski definition) is 3. The Morgan fingerprint density at radius 3 is 2.88 bits per heavy atom. The highest BCUT2D eigenvalue weighted by Crippen LogP contribution is 2.24. The maximum Gasteiger partial charge on any atom is 0.0587 e. The molecule has 0 aromatic heterocycles. The van der Waals surface area contributed by atoms with Crippen molar-refractivity contribution in [2.75, 3.05) is 13.2 Å². The van der Waals surface area contributed by atoms with E-state index in [0.29, 0.717) is 18.1 Å². The minimum Gasteiger partial charge on any atom is -0.393 e. The smallest absolute Gasteiger partial charge is 0.0587 e. The van der Waals surface area contributed by atoms with Gasteiger partial charge in [0.25, 0.3) is 0 Å². The Bertz CT molecular complexity index is 222. The van der Waals surface area contributed by atoms with E-state index in [1.165, 1.54) is 12.8 Å². The van der Waals surface area contributed by atoms with Gasteiger partial charge in [-0.1, -0.05) is 13.3 Å². The van der Waals surface area contributed by atoms with Crippen LogP contribution in [-0.4, -0.2) is 36.5 Å². The monoisotopic (exact) mass is 241 g/mol. The Labute approximate surface area is 105 Å². The molecule has 1 aliphatic carbocycles. The average Bonchev–Trinajstić information content (AvgIpc) is 2.37. The van der Waals surface area contributed by atoms with Crippen LogP contribution in [0.3, 0.4) is 0 Å². The first-order chi connectivity index (χ1) is 8.28. The Morgan fingerprint density at radius 1 is 1.24 bits per heavy atom. The van der Waals surface area contributed by atoms with Crippen molar-refractivity contribution in [1.29, 1.82) is 0 Å². The Balaban J connectivity index is 1.66. The highest BCUT2D eigenvalue weighted by atomic mass is 16.5. The molecule has 2 N–H and O–H groups in total. The molecule has 0 spiro atoms. The first-order valence-corrected chi connectivity index (χ1v) is 7.31. The van der Waals surface area contributed by atoms with E-state index in [1.807, 2.05) is 0 Å². The van der Waals surface area contributed by atoms with Crippen molar-refractivity contribution in [2.24, 2.45) is 5.92 Å². The fraction of sp³-hybridized carbons (Fsp3) is 1.00. The van der Waals surface area contributed by atoms with Gasteiger partial charge in [-0.15, -0.1) is 0 Å². The molecule has 4 unspecified atom stereocenters. The zero-order chi connectivity index (χ0) is 12.1. The van der Waals surface area contributed by atoms with Crippen LogP contribution in [-0.2, 0) is 4.74 Å². The van der Waals surface area contributed by atoms with E-state index >= 15 is 0 Å². The molecule has 0 aromatic carbocycles. The van der Waals surface area contributed by atoms with Crippen molar-refractivity contribution in [2.45, 2.75) is 70.1 Å². The lowest BCUT2D eigenvalue weighted by molar-refractivity contribution is -0.00153. The van der Waals surface area contributed by atoms with Crippen LogP contribution in [0.1, 0.15) is 51.9 Å². The van der Waals surface area contributed by atoms with E-state index in [-0.39, 0.29) is 6.10 Å². The third-order valence-corrected chi connectivity index (χ3v) is 4.27. The van der Waals surface area contributed by atoms with Gasteiger partial charge in [-0.05, 0) is 51.0 Å². The minimum atomic E-state index is -0.0476.